The third-order valence-electron chi connectivity index (χ3n) is 5.70. The van der Waals surface area contributed by atoms with E-state index in [0.717, 1.165) is 0 Å². The molecule has 196 valence electrons. The first-order chi connectivity index (χ1) is 18.0. The lowest BCUT2D eigenvalue weighted by atomic mass is 10.0. The Morgan fingerprint density at radius 3 is 2.45 bits per heavy atom. The molecule has 1 amide bonds. The number of hydrogen-bond donors (Lipinski definition) is 3. The van der Waals surface area contributed by atoms with Crippen LogP contribution in [0.5, 0.6) is 11.5 Å². The molecule has 0 aliphatic carbocycles. The molecule has 12 heteroatoms. The maximum absolute atomic E-state index is 13.1. The molecule has 0 radical (unpaired) electrons. The van der Waals surface area contributed by atoms with Crippen LogP contribution < -0.4 is 10.1 Å². The van der Waals surface area contributed by atoms with E-state index < -0.39 is 26.7 Å². The van der Waals surface area contributed by atoms with Crippen molar-refractivity contribution in [1.29, 1.82) is 0 Å². The third kappa shape index (κ3) is 5.44. The van der Waals surface area contributed by atoms with Gasteiger partial charge in [0.05, 0.1) is 22.7 Å². The molecule has 9 nitrogen and oxygen atoms in total. The summed E-state index contributed by atoms with van der Waals surface area (Å²) in [5, 5.41) is 22.9. The highest BCUT2D eigenvalue weighted by molar-refractivity contribution is 7.86. The fourth-order valence-corrected chi connectivity index (χ4v) is 5.51. The molecule has 3 N–H and O–H groups in total. The van der Waals surface area contributed by atoms with Crippen molar-refractivity contribution in [2.75, 3.05) is 12.4 Å². The molecule has 0 saturated carbocycles. The molecule has 0 bridgehead atoms. The molecule has 0 heterocycles. The largest absolute Gasteiger partial charge is 0.505 e. The molecular weight excluding hydrogens is 553 g/mol. The van der Waals surface area contributed by atoms with Gasteiger partial charge in [-0.25, -0.2) is 0 Å². The molecular formula is C26H21Cl2N3O6S. The van der Waals surface area contributed by atoms with E-state index in [2.05, 4.69) is 15.5 Å². The van der Waals surface area contributed by atoms with Crippen LogP contribution in [0.15, 0.2) is 75.8 Å². The average Bonchev–Trinajstić information content (AvgIpc) is 2.87. The van der Waals surface area contributed by atoms with Gasteiger partial charge < -0.3 is 15.2 Å². The van der Waals surface area contributed by atoms with Crippen molar-refractivity contribution in [1.82, 2.24) is 0 Å². The van der Waals surface area contributed by atoms with E-state index in [4.69, 9.17) is 27.9 Å². The Labute approximate surface area is 228 Å². The van der Waals surface area contributed by atoms with Gasteiger partial charge >= 0.3 is 0 Å². The predicted molar refractivity (Wildman–Crippen MR) is 146 cm³/mol. The number of rotatable bonds is 7. The Balaban J connectivity index is 1.79. The smallest absolute Gasteiger partial charge is 0.296 e. The molecule has 0 aliphatic rings. The summed E-state index contributed by atoms with van der Waals surface area (Å²) in [6.45, 7) is 1.71. The van der Waals surface area contributed by atoms with E-state index in [1.165, 1.54) is 31.4 Å². The number of fused-ring (bicyclic) bond motifs is 1. The number of anilines is 1. The summed E-state index contributed by atoms with van der Waals surface area (Å²) in [6, 6.07) is 16.0. The zero-order chi connectivity index (χ0) is 27.6. The van der Waals surface area contributed by atoms with Gasteiger partial charge in [-0.3, -0.25) is 9.35 Å². The van der Waals surface area contributed by atoms with E-state index in [1.807, 2.05) is 0 Å². The third-order valence-corrected chi connectivity index (χ3v) is 7.48. The van der Waals surface area contributed by atoms with Crippen LogP contribution in [-0.4, -0.2) is 31.1 Å². The number of hydrogen-bond acceptors (Lipinski definition) is 7. The second kappa shape index (κ2) is 11.0. The Hall–Kier alpha value is -3.70. The number of methoxy groups -OCH3 is 1. The van der Waals surface area contributed by atoms with Crippen molar-refractivity contribution in [2.24, 2.45) is 10.2 Å². The fourth-order valence-electron chi connectivity index (χ4n) is 3.86. The van der Waals surface area contributed by atoms with Gasteiger partial charge in [0.1, 0.15) is 22.0 Å². The van der Waals surface area contributed by atoms with Gasteiger partial charge in [0, 0.05) is 11.1 Å². The van der Waals surface area contributed by atoms with Crippen LogP contribution in [0, 0.1) is 0 Å². The molecule has 0 spiro atoms. The molecule has 0 saturated heterocycles. The van der Waals surface area contributed by atoms with Gasteiger partial charge in [0.25, 0.3) is 16.0 Å². The SMILES string of the molecule is CCc1ccc(N=Nc2c(O)c(C(=O)Nc3ccc(OC)c(Cl)c3)cc3ccccc23)c(Cl)c1S(=O)(=O)O. The van der Waals surface area contributed by atoms with Crippen LogP contribution in [-0.2, 0) is 16.5 Å². The quantitative estimate of drug-likeness (QED) is 0.156. The van der Waals surface area contributed by atoms with Crippen molar-refractivity contribution in [3.8, 4) is 11.5 Å². The number of nitrogens with one attached hydrogen (secondary N) is 1. The molecule has 4 rings (SSSR count). The first kappa shape index (κ1) is 27.3. The van der Waals surface area contributed by atoms with Gasteiger partial charge in [0.2, 0.25) is 0 Å². The highest BCUT2D eigenvalue weighted by atomic mass is 35.5. The predicted octanol–water partition coefficient (Wildman–Crippen LogP) is 7.34. The minimum Gasteiger partial charge on any atom is -0.505 e. The molecule has 0 atom stereocenters. The summed E-state index contributed by atoms with van der Waals surface area (Å²) in [4.78, 5) is 12.7. The Bertz CT molecular complexity index is 1710. The summed E-state index contributed by atoms with van der Waals surface area (Å²) >= 11 is 12.4. The van der Waals surface area contributed by atoms with E-state index >= 15 is 0 Å². The minimum atomic E-state index is -4.63. The van der Waals surface area contributed by atoms with Gasteiger partial charge in [-0.1, -0.05) is 60.5 Å². The number of nitrogens with zero attached hydrogens (tertiary/aromatic N) is 2. The number of azo groups is 1. The Morgan fingerprint density at radius 1 is 1.05 bits per heavy atom. The van der Waals surface area contributed by atoms with Crippen LogP contribution in [0.2, 0.25) is 10.0 Å². The Morgan fingerprint density at radius 2 is 1.79 bits per heavy atom. The maximum atomic E-state index is 13.1. The van der Waals surface area contributed by atoms with Gasteiger partial charge in [0.15, 0.2) is 5.75 Å². The summed E-state index contributed by atoms with van der Waals surface area (Å²) in [6.07, 6.45) is 0.300. The fraction of sp³-hybridized carbons (Fsp3) is 0.115. The summed E-state index contributed by atoms with van der Waals surface area (Å²) in [7, 11) is -3.16. The number of halogens is 2. The van der Waals surface area contributed by atoms with Crippen molar-refractivity contribution in [3.63, 3.8) is 0 Å². The first-order valence-corrected chi connectivity index (χ1v) is 13.3. The molecule has 38 heavy (non-hydrogen) atoms. The lowest BCUT2D eigenvalue weighted by Crippen LogP contribution is -2.12. The number of carbonyl (C=O) groups is 1. The van der Waals surface area contributed by atoms with E-state index in [9.17, 15) is 22.9 Å². The summed E-state index contributed by atoms with van der Waals surface area (Å²) in [5.41, 5.74) is 0.502. The van der Waals surface area contributed by atoms with Crippen LogP contribution in [0.25, 0.3) is 10.8 Å². The summed E-state index contributed by atoms with van der Waals surface area (Å²) in [5.74, 6) is -0.658. The van der Waals surface area contributed by atoms with Crippen molar-refractivity contribution < 1.29 is 27.6 Å². The second-order valence-electron chi connectivity index (χ2n) is 8.06. The average molecular weight is 574 g/mol. The number of phenolic OH excluding ortho intramolecular Hbond substituents is 1. The van der Waals surface area contributed by atoms with Crippen LogP contribution in [0.1, 0.15) is 22.8 Å². The van der Waals surface area contributed by atoms with Crippen molar-refractivity contribution in [3.05, 3.63) is 81.8 Å². The number of ether oxygens (including phenoxy) is 1. The van der Waals surface area contributed by atoms with Crippen LogP contribution >= 0.6 is 23.2 Å². The molecule has 0 aromatic heterocycles. The highest BCUT2D eigenvalue weighted by Gasteiger charge is 2.23. The number of carbonyl (C=O) groups excluding carboxylic acids is 1. The zero-order valence-corrected chi connectivity index (χ0v) is 22.4. The minimum absolute atomic E-state index is 0.0370. The molecule has 4 aromatic rings. The van der Waals surface area contributed by atoms with Gasteiger partial charge in [-0.2, -0.15) is 8.42 Å². The van der Waals surface area contributed by atoms with E-state index in [-0.39, 0.29) is 27.0 Å². The number of aromatic hydroxyl groups is 1. The lowest BCUT2D eigenvalue weighted by molar-refractivity contribution is 0.102. The van der Waals surface area contributed by atoms with E-state index in [0.29, 0.717) is 34.2 Å². The Kier molecular flexibility index (Phi) is 7.89. The van der Waals surface area contributed by atoms with E-state index in [1.54, 1.807) is 43.3 Å². The van der Waals surface area contributed by atoms with Gasteiger partial charge in [-0.05, 0) is 47.7 Å². The first-order valence-electron chi connectivity index (χ1n) is 11.1. The van der Waals surface area contributed by atoms with Crippen molar-refractivity contribution >= 4 is 67.1 Å². The number of benzene rings is 4. The zero-order valence-electron chi connectivity index (χ0n) is 20.1. The molecule has 0 unspecified atom stereocenters. The van der Waals surface area contributed by atoms with Gasteiger partial charge in [-0.15, -0.1) is 10.2 Å². The summed E-state index contributed by atoms with van der Waals surface area (Å²) < 4.78 is 38.6. The second-order valence-corrected chi connectivity index (χ2v) is 10.2. The molecule has 0 aliphatic heterocycles. The van der Waals surface area contributed by atoms with Crippen molar-refractivity contribution in [2.45, 2.75) is 18.2 Å². The van der Waals surface area contributed by atoms with Crippen LogP contribution in [0.3, 0.4) is 0 Å². The van der Waals surface area contributed by atoms with Crippen LogP contribution in [0.4, 0.5) is 17.1 Å². The lowest BCUT2D eigenvalue weighted by Gasteiger charge is -2.12. The monoisotopic (exact) mass is 573 g/mol. The molecule has 0 fully saturated rings. The number of aryl methyl sites for hydroxylation is 1. The maximum Gasteiger partial charge on any atom is 0.296 e. The standard InChI is InChI=1S/C26H21Cl2N3O6S/c1-3-14-8-10-20(22(28)25(14)38(34,35)36)30-31-23-17-7-5-4-6-15(17)12-18(24(23)32)26(33)29-16-9-11-21(37-2)19(27)13-16/h4-13,32H,3H2,1-2H3,(H,29,33)(H,34,35,36). The molecule has 4 aromatic carbocycles. The topological polar surface area (TPSA) is 138 Å². The number of phenols is 1. The highest BCUT2D eigenvalue weighted by Crippen LogP contribution is 2.41. The normalized spacial score (nSPS) is 11.7. The number of amides is 1.